The number of rotatable bonds is 5. The third kappa shape index (κ3) is 4.11. The molecule has 1 aromatic rings. The van der Waals surface area contributed by atoms with Gasteiger partial charge in [0.05, 0.1) is 0 Å². The second kappa shape index (κ2) is 6.55. The Morgan fingerprint density at radius 1 is 1.29 bits per heavy atom. The zero-order valence-corrected chi connectivity index (χ0v) is 12.2. The number of hydrogen-bond donors (Lipinski definition) is 1. The van der Waals surface area contributed by atoms with E-state index in [1.54, 1.807) is 0 Å². The fourth-order valence-electron chi connectivity index (χ4n) is 2.65. The summed E-state index contributed by atoms with van der Waals surface area (Å²) in [7, 11) is 0. The molecule has 1 saturated carbocycles. The SMILES string of the molecule is Cc1cc(CNCCC2CCCC2)ccc1Br. The molecule has 2 heteroatoms. The van der Waals surface area contributed by atoms with Crippen molar-refractivity contribution in [1.82, 2.24) is 5.32 Å². The summed E-state index contributed by atoms with van der Waals surface area (Å²) in [5.41, 5.74) is 2.71. The van der Waals surface area contributed by atoms with Crippen molar-refractivity contribution >= 4 is 15.9 Å². The van der Waals surface area contributed by atoms with E-state index in [1.807, 2.05) is 0 Å². The highest BCUT2D eigenvalue weighted by molar-refractivity contribution is 9.10. The number of hydrogen-bond acceptors (Lipinski definition) is 1. The molecule has 1 aromatic carbocycles. The number of benzene rings is 1. The molecule has 17 heavy (non-hydrogen) atoms. The third-order valence-corrected chi connectivity index (χ3v) is 4.65. The lowest BCUT2D eigenvalue weighted by molar-refractivity contribution is 0.477. The molecule has 1 aliphatic rings. The molecule has 1 nitrogen and oxygen atoms in total. The summed E-state index contributed by atoms with van der Waals surface area (Å²) >= 11 is 3.54. The molecule has 0 bridgehead atoms. The van der Waals surface area contributed by atoms with Crippen molar-refractivity contribution in [1.29, 1.82) is 0 Å². The smallest absolute Gasteiger partial charge is 0.0205 e. The quantitative estimate of drug-likeness (QED) is 0.793. The van der Waals surface area contributed by atoms with E-state index in [-0.39, 0.29) is 0 Å². The van der Waals surface area contributed by atoms with Crippen LogP contribution >= 0.6 is 15.9 Å². The van der Waals surface area contributed by atoms with Gasteiger partial charge in [0.2, 0.25) is 0 Å². The Balaban J connectivity index is 1.68. The Bertz CT molecular complexity index is 356. The van der Waals surface area contributed by atoms with Crippen molar-refractivity contribution in [3.8, 4) is 0 Å². The molecule has 1 aliphatic carbocycles. The monoisotopic (exact) mass is 295 g/mol. The van der Waals surface area contributed by atoms with E-state index in [2.05, 4.69) is 46.4 Å². The van der Waals surface area contributed by atoms with E-state index in [1.165, 1.54) is 54.2 Å². The van der Waals surface area contributed by atoms with E-state index in [0.717, 1.165) is 12.5 Å². The van der Waals surface area contributed by atoms with Gasteiger partial charge in [-0.05, 0) is 43.0 Å². The molecule has 0 radical (unpaired) electrons. The van der Waals surface area contributed by atoms with Crippen LogP contribution in [0.15, 0.2) is 22.7 Å². The van der Waals surface area contributed by atoms with Crippen LogP contribution in [0, 0.1) is 12.8 Å². The summed E-state index contributed by atoms with van der Waals surface area (Å²) in [6, 6.07) is 6.59. The maximum absolute atomic E-state index is 3.56. The Kier molecular flexibility index (Phi) is 5.05. The van der Waals surface area contributed by atoms with Crippen LogP contribution in [-0.2, 0) is 6.54 Å². The van der Waals surface area contributed by atoms with E-state index in [4.69, 9.17) is 0 Å². The molecule has 0 spiro atoms. The molecule has 94 valence electrons. The molecule has 1 N–H and O–H groups in total. The van der Waals surface area contributed by atoms with E-state index < -0.39 is 0 Å². The van der Waals surface area contributed by atoms with Crippen LogP contribution in [0.2, 0.25) is 0 Å². The third-order valence-electron chi connectivity index (χ3n) is 3.76. The van der Waals surface area contributed by atoms with Crippen LogP contribution in [-0.4, -0.2) is 6.54 Å². The summed E-state index contributed by atoms with van der Waals surface area (Å²) < 4.78 is 1.20. The minimum absolute atomic E-state index is 0.995. The lowest BCUT2D eigenvalue weighted by Crippen LogP contribution is -2.17. The van der Waals surface area contributed by atoms with Gasteiger partial charge in [-0.25, -0.2) is 0 Å². The van der Waals surface area contributed by atoms with Crippen LogP contribution in [0.3, 0.4) is 0 Å². The lowest BCUT2D eigenvalue weighted by atomic mass is 10.0. The zero-order chi connectivity index (χ0) is 12.1. The first kappa shape index (κ1) is 13.1. The Labute approximate surface area is 113 Å². The maximum atomic E-state index is 3.56. The van der Waals surface area contributed by atoms with E-state index in [0.29, 0.717) is 0 Å². The van der Waals surface area contributed by atoms with E-state index >= 15 is 0 Å². The first-order valence-electron chi connectivity index (χ1n) is 6.71. The normalized spacial score (nSPS) is 16.6. The van der Waals surface area contributed by atoms with Gasteiger partial charge < -0.3 is 5.32 Å². The van der Waals surface area contributed by atoms with Crippen LogP contribution < -0.4 is 5.32 Å². The van der Waals surface area contributed by atoms with Crippen molar-refractivity contribution in [2.24, 2.45) is 5.92 Å². The van der Waals surface area contributed by atoms with Crippen molar-refractivity contribution in [2.45, 2.75) is 45.6 Å². The summed E-state index contributed by atoms with van der Waals surface area (Å²) in [5.74, 6) is 0.995. The van der Waals surface area contributed by atoms with Gasteiger partial charge in [0, 0.05) is 11.0 Å². The van der Waals surface area contributed by atoms with Gasteiger partial charge in [-0.2, -0.15) is 0 Å². The van der Waals surface area contributed by atoms with Crippen molar-refractivity contribution in [3.05, 3.63) is 33.8 Å². The Hall–Kier alpha value is -0.340. The highest BCUT2D eigenvalue weighted by Gasteiger charge is 2.13. The summed E-state index contributed by atoms with van der Waals surface area (Å²) in [6.07, 6.45) is 7.18. The minimum Gasteiger partial charge on any atom is -0.313 e. The molecule has 0 unspecified atom stereocenters. The molecule has 0 saturated heterocycles. The lowest BCUT2D eigenvalue weighted by Gasteiger charge is -2.10. The van der Waals surface area contributed by atoms with E-state index in [9.17, 15) is 0 Å². The largest absolute Gasteiger partial charge is 0.313 e. The molecule has 0 atom stereocenters. The summed E-state index contributed by atoms with van der Waals surface area (Å²) in [5, 5.41) is 3.56. The predicted octanol–water partition coefficient (Wildman–Crippen LogP) is 4.43. The Morgan fingerprint density at radius 3 is 2.76 bits per heavy atom. The number of aryl methyl sites for hydroxylation is 1. The minimum atomic E-state index is 0.995. The Morgan fingerprint density at radius 2 is 2.06 bits per heavy atom. The van der Waals surface area contributed by atoms with Gasteiger partial charge in [-0.15, -0.1) is 0 Å². The number of halogens is 1. The van der Waals surface area contributed by atoms with Crippen molar-refractivity contribution in [2.75, 3.05) is 6.54 Å². The van der Waals surface area contributed by atoms with Gasteiger partial charge >= 0.3 is 0 Å². The molecule has 1 fully saturated rings. The van der Waals surface area contributed by atoms with Crippen molar-refractivity contribution in [3.63, 3.8) is 0 Å². The zero-order valence-electron chi connectivity index (χ0n) is 10.6. The van der Waals surface area contributed by atoms with Gasteiger partial charge in [-0.1, -0.05) is 53.7 Å². The fraction of sp³-hybridized carbons (Fsp3) is 0.600. The molecule has 2 rings (SSSR count). The van der Waals surface area contributed by atoms with Crippen molar-refractivity contribution < 1.29 is 0 Å². The first-order chi connectivity index (χ1) is 8.25. The molecule has 0 aliphatic heterocycles. The summed E-state index contributed by atoms with van der Waals surface area (Å²) in [6.45, 7) is 4.31. The highest BCUT2D eigenvalue weighted by atomic mass is 79.9. The van der Waals surface area contributed by atoms with Crippen LogP contribution in [0.1, 0.15) is 43.2 Å². The van der Waals surface area contributed by atoms with Gasteiger partial charge in [0.25, 0.3) is 0 Å². The molecule has 0 heterocycles. The van der Waals surface area contributed by atoms with Gasteiger partial charge in [0.15, 0.2) is 0 Å². The average Bonchev–Trinajstić information content (AvgIpc) is 2.82. The van der Waals surface area contributed by atoms with Crippen LogP contribution in [0.5, 0.6) is 0 Å². The highest BCUT2D eigenvalue weighted by Crippen LogP contribution is 2.26. The first-order valence-corrected chi connectivity index (χ1v) is 7.51. The number of nitrogens with one attached hydrogen (secondary N) is 1. The summed E-state index contributed by atoms with van der Waals surface area (Å²) in [4.78, 5) is 0. The molecule has 0 aromatic heterocycles. The average molecular weight is 296 g/mol. The topological polar surface area (TPSA) is 12.0 Å². The molecular weight excluding hydrogens is 274 g/mol. The van der Waals surface area contributed by atoms with Gasteiger partial charge in [-0.3, -0.25) is 0 Å². The van der Waals surface area contributed by atoms with Crippen LogP contribution in [0.4, 0.5) is 0 Å². The fourth-order valence-corrected chi connectivity index (χ4v) is 2.90. The molecular formula is C15H22BrN. The second-order valence-corrected chi connectivity index (χ2v) is 6.05. The van der Waals surface area contributed by atoms with Gasteiger partial charge in [0.1, 0.15) is 0 Å². The maximum Gasteiger partial charge on any atom is 0.0205 e. The standard InChI is InChI=1S/C15H22BrN/c1-12-10-14(6-7-15(12)16)11-17-9-8-13-4-2-3-5-13/h6-7,10,13,17H,2-5,8-9,11H2,1H3. The molecule has 0 amide bonds. The predicted molar refractivity (Wildman–Crippen MR) is 77.2 cm³/mol. The second-order valence-electron chi connectivity index (χ2n) is 5.20. The van der Waals surface area contributed by atoms with Crippen LogP contribution in [0.25, 0.3) is 0 Å².